The maximum Gasteiger partial charge on any atom is 0.0819 e. The fourth-order valence-electron chi connectivity index (χ4n) is 2.69. The van der Waals surface area contributed by atoms with Crippen LogP contribution in [0.5, 0.6) is 0 Å². The highest BCUT2D eigenvalue weighted by molar-refractivity contribution is 6.35. The lowest BCUT2D eigenvalue weighted by molar-refractivity contribution is 0.461. The highest BCUT2D eigenvalue weighted by Gasteiger charge is 2.32. The van der Waals surface area contributed by atoms with Crippen LogP contribution in [0.1, 0.15) is 57.6 Å². The van der Waals surface area contributed by atoms with E-state index in [2.05, 4.69) is 38.1 Å². The smallest absolute Gasteiger partial charge is 0.0819 e. The summed E-state index contributed by atoms with van der Waals surface area (Å²) in [6.07, 6.45) is 5.93. The normalized spacial score (nSPS) is 21.6. The molecule has 0 N–H and O–H groups in total. The first-order chi connectivity index (χ1) is 8.62. The van der Waals surface area contributed by atoms with E-state index in [-0.39, 0.29) is 10.9 Å². The summed E-state index contributed by atoms with van der Waals surface area (Å²) in [6, 6.07) is 10.6. The Kier molecular flexibility index (Phi) is 4.45. The van der Waals surface area contributed by atoms with Gasteiger partial charge in [-0.2, -0.15) is 0 Å². The summed E-state index contributed by atoms with van der Waals surface area (Å²) in [5, 5.41) is 0. The maximum atomic E-state index is 6.73. The molecule has 98 valence electrons. The van der Waals surface area contributed by atoms with Crippen molar-refractivity contribution in [3.05, 3.63) is 35.9 Å². The molecule has 0 heterocycles. The van der Waals surface area contributed by atoms with Crippen LogP contribution in [0.15, 0.2) is 35.3 Å². The summed E-state index contributed by atoms with van der Waals surface area (Å²) in [4.78, 5) is 4.65. The van der Waals surface area contributed by atoms with Crippen LogP contribution in [0.25, 0.3) is 0 Å². The molecule has 1 nitrogen and oxygen atoms in total. The van der Waals surface area contributed by atoms with Gasteiger partial charge in [0.1, 0.15) is 0 Å². The number of nitrogens with zero attached hydrogens (tertiary/aromatic N) is 1. The molecule has 0 saturated heterocycles. The summed E-state index contributed by atoms with van der Waals surface area (Å²) in [5.41, 5.74) is 2.37. The van der Waals surface area contributed by atoms with Gasteiger partial charge in [-0.25, -0.2) is 0 Å². The molecule has 1 fully saturated rings. The van der Waals surface area contributed by atoms with Crippen molar-refractivity contribution in [1.29, 1.82) is 0 Å². The van der Waals surface area contributed by atoms with Crippen molar-refractivity contribution in [2.45, 2.75) is 56.9 Å². The van der Waals surface area contributed by atoms with Gasteiger partial charge in [-0.1, -0.05) is 49.6 Å². The van der Waals surface area contributed by atoms with Crippen molar-refractivity contribution in [1.82, 2.24) is 0 Å². The average molecular weight is 264 g/mol. The molecule has 1 aromatic carbocycles. The third-order valence-electron chi connectivity index (χ3n) is 3.96. The molecule has 2 rings (SSSR count). The highest BCUT2D eigenvalue weighted by Crippen LogP contribution is 2.36. The summed E-state index contributed by atoms with van der Waals surface area (Å²) < 4.78 is 0. The van der Waals surface area contributed by atoms with Crippen LogP contribution < -0.4 is 0 Å². The van der Waals surface area contributed by atoms with Crippen molar-refractivity contribution in [2.75, 3.05) is 0 Å². The lowest BCUT2D eigenvalue weighted by Crippen LogP contribution is -2.33. The van der Waals surface area contributed by atoms with Crippen LogP contribution in [0.3, 0.4) is 0 Å². The Morgan fingerprint density at radius 1 is 1.17 bits per heavy atom. The van der Waals surface area contributed by atoms with Crippen LogP contribution in [0.2, 0.25) is 0 Å². The summed E-state index contributed by atoms with van der Waals surface area (Å²) in [5.74, 6) is 0. The molecule has 1 saturated carbocycles. The Bertz CT molecular complexity index is 404. The van der Waals surface area contributed by atoms with Gasteiger partial charge in [-0.15, -0.1) is 11.6 Å². The summed E-state index contributed by atoms with van der Waals surface area (Å²) in [6.45, 7) is 4.24. The highest BCUT2D eigenvalue weighted by atomic mass is 35.5. The van der Waals surface area contributed by atoms with Crippen molar-refractivity contribution in [2.24, 2.45) is 4.99 Å². The molecular weight excluding hydrogens is 242 g/mol. The second kappa shape index (κ2) is 5.88. The zero-order valence-corrected chi connectivity index (χ0v) is 12.1. The van der Waals surface area contributed by atoms with E-state index in [1.807, 2.05) is 6.07 Å². The Morgan fingerprint density at radius 3 is 2.39 bits per heavy atom. The predicted molar refractivity (Wildman–Crippen MR) is 79.6 cm³/mol. The monoisotopic (exact) mass is 263 g/mol. The average Bonchev–Trinajstić information content (AvgIpc) is 2.40. The third-order valence-corrected chi connectivity index (χ3v) is 4.62. The largest absolute Gasteiger partial charge is 0.285 e. The number of hydrogen-bond donors (Lipinski definition) is 0. The van der Waals surface area contributed by atoms with E-state index < -0.39 is 0 Å². The number of hydrogen-bond acceptors (Lipinski definition) is 1. The van der Waals surface area contributed by atoms with Crippen LogP contribution in [0.4, 0.5) is 0 Å². The molecule has 1 aromatic rings. The third kappa shape index (κ3) is 3.14. The molecule has 0 radical (unpaired) electrons. The number of aliphatic imine (C=N–C) groups is 1. The minimum Gasteiger partial charge on any atom is -0.285 e. The van der Waals surface area contributed by atoms with Crippen LogP contribution in [-0.2, 0) is 0 Å². The molecule has 1 aliphatic carbocycles. The molecule has 0 unspecified atom stereocenters. The molecular formula is C16H22ClN. The molecule has 0 amide bonds. The number of alkyl halides is 1. The molecule has 1 aliphatic rings. The Labute approximate surface area is 115 Å². The maximum absolute atomic E-state index is 6.73. The van der Waals surface area contributed by atoms with Crippen molar-refractivity contribution >= 4 is 17.3 Å². The van der Waals surface area contributed by atoms with Gasteiger partial charge in [-0.05, 0) is 32.3 Å². The minimum atomic E-state index is -0.179. The zero-order valence-electron chi connectivity index (χ0n) is 11.3. The SMILES string of the molecule is CC(=N[C@@H](C)c1ccccc1)C1(Cl)CCCCC1. The molecule has 0 aromatic heterocycles. The Hall–Kier alpha value is -0.820. The number of halogens is 1. The van der Waals surface area contributed by atoms with Crippen LogP contribution >= 0.6 is 11.6 Å². The fraction of sp³-hybridized carbons (Fsp3) is 0.562. The number of benzene rings is 1. The summed E-state index contributed by atoms with van der Waals surface area (Å²) in [7, 11) is 0. The van der Waals surface area contributed by atoms with E-state index in [9.17, 15) is 0 Å². The van der Waals surface area contributed by atoms with Gasteiger partial charge >= 0.3 is 0 Å². The lowest BCUT2D eigenvalue weighted by Gasteiger charge is -2.31. The Morgan fingerprint density at radius 2 is 1.78 bits per heavy atom. The molecule has 0 spiro atoms. The van der Waals surface area contributed by atoms with E-state index >= 15 is 0 Å². The second-order valence-electron chi connectivity index (χ2n) is 5.33. The van der Waals surface area contributed by atoms with Crippen molar-refractivity contribution in [3.8, 4) is 0 Å². The van der Waals surface area contributed by atoms with Gasteiger partial charge in [0.25, 0.3) is 0 Å². The van der Waals surface area contributed by atoms with Crippen LogP contribution in [-0.4, -0.2) is 10.6 Å². The minimum absolute atomic E-state index is 0.179. The molecule has 1 atom stereocenters. The van der Waals surface area contributed by atoms with Gasteiger partial charge in [-0.3, -0.25) is 4.99 Å². The van der Waals surface area contributed by atoms with E-state index in [0.29, 0.717) is 0 Å². The summed E-state index contributed by atoms with van der Waals surface area (Å²) >= 11 is 6.73. The quantitative estimate of drug-likeness (QED) is 0.528. The molecule has 18 heavy (non-hydrogen) atoms. The van der Waals surface area contributed by atoms with E-state index in [0.717, 1.165) is 18.6 Å². The Balaban J connectivity index is 2.12. The molecule has 0 bridgehead atoms. The van der Waals surface area contributed by atoms with Gasteiger partial charge in [0.15, 0.2) is 0 Å². The van der Waals surface area contributed by atoms with Crippen LogP contribution in [0, 0.1) is 0 Å². The second-order valence-corrected chi connectivity index (χ2v) is 6.05. The topological polar surface area (TPSA) is 12.4 Å². The standard InChI is InChI=1S/C16H22ClN/c1-13(15-9-5-3-6-10-15)18-14(2)16(17)11-7-4-8-12-16/h3,5-6,9-10,13H,4,7-8,11-12H2,1-2H3/t13-/m0/s1. The van der Waals surface area contributed by atoms with E-state index in [4.69, 9.17) is 16.6 Å². The van der Waals surface area contributed by atoms with Gasteiger partial charge in [0.05, 0.1) is 10.9 Å². The van der Waals surface area contributed by atoms with Crippen molar-refractivity contribution < 1.29 is 0 Å². The fourth-order valence-corrected chi connectivity index (χ4v) is 3.00. The predicted octanol–water partition coefficient (Wildman–Crippen LogP) is 5.15. The van der Waals surface area contributed by atoms with Crippen molar-refractivity contribution in [3.63, 3.8) is 0 Å². The lowest BCUT2D eigenvalue weighted by atomic mass is 9.85. The van der Waals surface area contributed by atoms with Gasteiger partial charge < -0.3 is 0 Å². The van der Waals surface area contributed by atoms with Gasteiger partial charge in [0.2, 0.25) is 0 Å². The molecule has 0 aliphatic heterocycles. The first kappa shape index (κ1) is 13.6. The zero-order chi connectivity index (χ0) is 13.0. The number of rotatable bonds is 3. The van der Waals surface area contributed by atoms with E-state index in [1.165, 1.54) is 24.8 Å². The molecule has 2 heteroatoms. The van der Waals surface area contributed by atoms with Gasteiger partial charge in [0, 0.05) is 5.71 Å². The first-order valence-corrected chi connectivity index (χ1v) is 7.28. The first-order valence-electron chi connectivity index (χ1n) is 6.90. The van der Waals surface area contributed by atoms with E-state index in [1.54, 1.807) is 0 Å².